The maximum Gasteiger partial charge on any atom is 0.322 e. The van der Waals surface area contributed by atoms with E-state index in [2.05, 4.69) is 23.3 Å². The van der Waals surface area contributed by atoms with Crippen molar-refractivity contribution in [3.8, 4) is 0 Å². The Morgan fingerprint density at radius 3 is 2.41 bits per heavy atom. The Balaban J connectivity index is 2.87. The van der Waals surface area contributed by atoms with Crippen LogP contribution in [0.1, 0.15) is 25.7 Å². The third-order valence-corrected chi connectivity index (χ3v) is 4.44. The van der Waals surface area contributed by atoms with Crippen molar-refractivity contribution in [3.05, 3.63) is 0 Å². The molecule has 1 aliphatic heterocycles. The number of likely N-dealkylation sites (tertiary alicyclic amines) is 1. The minimum absolute atomic E-state index is 0.0373. The first-order valence-electron chi connectivity index (χ1n) is 8.36. The molecule has 1 aliphatic rings. The molecule has 12 heteroatoms. The molecule has 0 spiro atoms. The van der Waals surface area contributed by atoms with E-state index in [9.17, 15) is 24.0 Å². The molecule has 0 aromatic carbocycles. The van der Waals surface area contributed by atoms with Gasteiger partial charge in [0.05, 0.1) is 6.04 Å². The molecule has 3 amide bonds. The maximum absolute atomic E-state index is 12.8. The van der Waals surface area contributed by atoms with E-state index in [0.717, 1.165) is 0 Å². The van der Waals surface area contributed by atoms with Gasteiger partial charge in [-0.1, -0.05) is 0 Å². The lowest BCUT2D eigenvalue weighted by Crippen LogP contribution is -2.56. The van der Waals surface area contributed by atoms with Crippen LogP contribution < -0.4 is 16.4 Å². The number of carbonyl (C=O) groups excluding carboxylic acids is 3. The van der Waals surface area contributed by atoms with Crippen molar-refractivity contribution in [2.75, 3.05) is 18.8 Å². The van der Waals surface area contributed by atoms with E-state index in [-0.39, 0.29) is 25.1 Å². The van der Waals surface area contributed by atoms with E-state index in [0.29, 0.717) is 12.8 Å². The summed E-state index contributed by atoms with van der Waals surface area (Å²) in [5.74, 6) is -4.19. The minimum Gasteiger partial charge on any atom is -0.481 e. The van der Waals surface area contributed by atoms with Crippen LogP contribution in [0.2, 0.25) is 0 Å². The Hall–Kier alpha value is -2.34. The van der Waals surface area contributed by atoms with Crippen LogP contribution in [0.15, 0.2) is 0 Å². The molecule has 0 aliphatic carbocycles. The second-order valence-corrected chi connectivity index (χ2v) is 6.45. The molecule has 27 heavy (non-hydrogen) atoms. The number of thiol groups is 1. The molecular formula is C15H24N4O7S. The monoisotopic (exact) mass is 404 g/mol. The predicted octanol–water partition coefficient (Wildman–Crippen LogP) is -2.22. The molecule has 1 saturated heterocycles. The van der Waals surface area contributed by atoms with Crippen molar-refractivity contribution >= 4 is 42.3 Å². The van der Waals surface area contributed by atoms with Crippen molar-refractivity contribution < 1.29 is 34.2 Å². The summed E-state index contributed by atoms with van der Waals surface area (Å²) in [4.78, 5) is 59.6. The summed E-state index contributed by atoms with van der Waals surface area (Å²) in [6, 6.07) is -3.01. The quantitative estimate of drug-likeness (QED) is 0.222. The fraction of sp³-hybridized carbons (Fsp3) is 0.667. The van der Waals surface area contributed by atoms with Gasteiger partial charge in [0.25, 0.3) is 0 Å². The molecule has 152 valence electrons. The van der Waals surface area contributed by atoms with Crippen LogP contribution >= 0.6 is 12.6 Å². The molecule has 1 heterocycles. The molecule has 0 aromatic heterocycles. The zero-order valence-corrected chi connectivity index (χ0v) is 15.5. The van der Waals surface area contributed by atoms with Gasteiger partial charge >= 0.3 is 11.9 Å². The van der Waals surface area contributed by atoms with Gasteiger partial charge in [-0.2, -0.15) is 12.6 Å². The molecule has 0 bridgehead atoms. The molecule has 1 rings (SSSR count). The zero-order valence-electron chi connectivity index (χ0n) is 14.6. The first-order valence-corrected chi connectivity index (χ1v) is 8.99. The number of nitrogens with two attached hydrogens (primary N) is 1. The number of amides is 3. The van der Waals surface area contributed by atoms with E-state index in [1.54, 1.807) is 0 Å². The molecular weight excluding hydrogens is 380 g/mol. The van der Waals surface area contributed by atoms with Crippen molar-refractivity contribution in [2.24, 2.45) is 5.73 Å². The number of hydrogen-bond donors (Lipinski definition) is 6. The molecule has 3 unspecified atom stereocenters. The predicted molar refractivity (Wildman–Crippen MR) is 96.0 cm³/mol. The van der Waals surface area contributed by atoms with Crippen molar-refractivity contribution in [1.82, 2.24) is 15.5 Å². The van der Waals surface area contributed by atoms with Gasteiger partial charge in [0.15, 0.2) is 0 Å². The highest BCUT2D eigenvalue weighted by atomic mass is 32.1. The largest absolute Gasteiger partial charge is 0.481 e. The number of carboxylic acid groups (broad SMARTS) is 2. The molecule has 0 radical (unpaired) electrons. The van der Waals surface area contributed by atoms with Gasteiger partial charge in [-0.3, -0.25) is 24.0 Å². The second-order valence-electron chi connectivity index (χ2n) is 6.08. The van der Waals surface area contributed by atoms with E-state index >= 15 is 0 Å². The fourth-order valence-electron chi connectivity index (χ4n) is 2.67. The third-order valence-electron chi connectivity index (χ3n) is 4.05. The fourth-order valence-corrected chi connectivity index (χ4v) is 2.84. The summed E-state index contributed by atoms with van der Waals surface area (Å²) in [5.41, 5.74) is 5.57. The van der Waals surface area contributed by atoms with Crippen LogP contribution in [0.5, 0.6) is 0 Å². The summed E-state index contributed by atoms with van der Waals surface area (Å²) >= 11 is 3.91. The summed E-state index contributed by atoms with van der Waals surface area (Å²) < 4.78 is 0. The number of hydrogen-bond acceptors (Lipinski definition) is 7. The average molecular weight is 404 g/mol. The molecule has 6 N–H and O–H groups in total. The van der Waals surface area contributed by atoms with E-state index in [1.807, 2.05) is 0 Å². The smallest absolute Gasteiger partial charge is 0.322 e. The second kappa shape index (κ2) is 10.7. The number of nitrogens with one attached hydrogen (secondary N) is 2. The lowest BCUT2D eigenvalue weighted by atomic mass is 10.1. The van der Waals surface area contributed by atoms with Crippen LogP contribution in [0.3, 0.4) is 0 Å². The summed E-state index contributed by atoms with van der Waals surface area (Å²) in [7, 11) is 0. The molecule has 1 fully saturated rings. The van der Waals surface area contributed by atoms with Gasteiger partial charge in [-0.25, -0.2) is 0 Å². The molecule has 0 saturated carbocycles. The topological polar surface area (TPSA) is 179 Å². The summed E-state index contributed by atoms with van der Waals surface area (Å²) in [6.45, 7) is -0.338. The van der Waals surface area contributed by atoms with Crippen molar-refractivity contribution in [2.45, 2.75) is 43.8 Å². The normalized spacial score (nSPS) is 18.4. The van der Waals surface area contributed by atoms with Crippen LogP contribution in [0.25, 0.3) is 0 Å². The molecule has 3 atom stereocenters. The van der Waals surface area contributed by atoms with Crippen LogP contribution in [-0.4, -0.2) is 81.7 Å². The average Bonchev–Trinajstić information content (AvgIpc) is 3.11. The highest BCUT2D eigenvalue weighted by Crippen LogP contribution is 2.19. The Labute approximate surface area is 161 Å². The summed E-state index contributed by atoms with van der Waals surface area (Å²) in [6.07, 6.45) is 0.329. The minimum atomic E-state index is -1.22. The summed E-state index contributed by atoms with van der Waals surface area (Å²) in [5, 5.41) is 22.2. The van der Waals surface area contributed by atoms with Crippen molar-refractivity contribution in [3.63, 3.8) is 0 Å². The zero-order chi connectivity index (χ0) is 20.6. The SMILES string of the molecule is NC(CS)C(=O)NC(CCC(=O)O)C(=O)N1CCCC1C(=O)NCC(=O)O. The Bertz CT molecular complexity index is 601. The number of rotatable bonds is 10. The Kier molecular flexibility index (Phi) is 9.02. The number of carbonyl (C=O) groups is 5. The van der Waals surface area contributed by atoms with Crippen molar-refractivity contribution in [1.29, 1.82) is 0 Å². The number of nitrogens with zero attached hydrogens (tertiary/aromatic N) is 1. The Morgan fingerprint density at radius 1 is 1.19 bits per heavy atom. The first kappa shape index (κ1) is 22.7. The lowest BCUT2D eigenvalue weighted by Gasteiger charge is -2.29. The van der Waals surface area contributed by atoms with Gasteiger partial charge in [-0.05, 0) is 19.3 Å². The molecule has 0 aromatic rings. The van der Waals surface area contributed by atoms with Gasteiger partial charge in [0, 0.05) is 18.7 Å². The first-order chi connectivity index (χ1) is 12.7. The Morgan fingerprint density at radius 2 is 1.85 bits per heavy atom. The third kappa shape index (κ3) is 7.06. The number of aliphatic carboxylic acids is 2. The van der Waals surface area contributed by atoms with E-state index < -0.39 is 54.3 Å². The highest BCUT2D eigenvalue weighted by molar-refractivity contribution is 7.80. The lowest BCUT2D eigenvalue weighted by molar-refractivity contribution is -0.143. The van der Waals surface area contributed by atoms with Crippen LogP contribution in [0, 0.1) is 0 Å². The van der Waals surface area contributed by atoms with Gasteiger partial charge in [-0.15, -0.1) is 0 Å². The van der Waals surface area contributed by atoms with E-state index in [4.69, 9.17) is 15.9 Å². The van der Waals surface area contributed by atoms with Crippen LogP contribution in [0.4, 0.5) is 0 Å². The van der Waals surface area contributed by atoms with Gasteiger partial charge in [0.2, 0.25) is 17.7 Å². The van der Waals surface area contributed by atoms with Crippen LogP contribution in [-0.2, 0) is 24.0 Å². The number of carboxylic acids is 2. The maximum atomic E-state index is 12.8. The van der Waals surface area contributed by atoms with Gasteiger partial charge in [0.1, 0.15) is 18.6 Å². The standard InChI is InChI=1S/C15H24N4O7S/c16-8(7-27)13(24)18-9(3-4-11(20)21)15(26)19-5-1-2-10(19)14(25)17-6-12(22)23/h8-10,27H,1-7,16H2,(H,17,25)(H,18,24)(H,20,21)(H,22,23). The molecule has 11 nitrogen and oxygen atoms in total. The highest BCUT2D eigenvalue weighted by Gasteiger charge is 2.38. The van der Waals surface area contributed by atoms with E-state index in [1.165, 1.54) is 4.90 Å². The van der Waals surface area contributed by atoms with Gasteiger partial charge < -0.3 is 31.5 Å².